The van der Waals surface area contributed by atoms with Gasteiger partial charge in [0.15, 0.2) is 10.8 Å². The molecule has 0 aliphatic carbocycles. The molecule has 0 bridgehead atoms. The summed E-state index contributed by atoms with van der Waals surface area (Å²) in [6, 6.07) is 9.45. The Morgan fingerprint density at radius 2 is 2.00 bits per heavy atom. The third kappa shape index (κ3) is 1.88. The normalized spacial score (nSPS) is 10.1. The van der Waals surface area contributed by atoms with E-state index in [-0.39, 0.29) is 5.69 Å². The maximum Gasteiger partial charge on any atom is 0.285 e. The summed E-state index contributed by atoms with van der Waals surface area (Å²) in [5.74, 6) is 4.65. The fourth-order valence-electron chi connectivity index (χ4n) is 1.34. The highest BCUT2D eigenvalue weighted by molar-refractivity contribution is 7.19. The Morgan fingerprint density at radius 1 is 1.31 bits per heavy atom. The Bertz CT molecular complexity index is 509. The fraction of sp³-hybridized carbons (Fsp3) is 0. The molecule has 0 atom stereocenters. The van der Waals surface area contributed by atoms with E-state index in [4.69, 9.17) is 11.6 Å². The molecule has 0 aliphatic heterocycles. The Hall–Kier alpha value is -1.92. The van der Waals surface area contributed by atoms with Crippen LogP contribution in [0.5, 0.6) is 0 Å². The molecule has 0 spiro atoms. The summed E-state index contributed by atoms with van der Waals surface area (Å²) in [7, 11) is 0. The molecular formula is C10H10N4OS. The molecule has 16 heavy (non-hydrogen) atoms. The predicted octanol–water partition coefficient (Wildman–Crippen LogP) is 0.996. The molecule has 2 rings (SSSR count). The quantitative estimate of drug-likeness (QED) is 0.410. The number of nitrogens with two attached hydrogens (primary N) is 2. The highest BCUT2D eigenvalue weighted by Crippen LogP contribution is 2.31. The van der Waals surface area contributed by atoms with Crippen LogP contribution in [0, 0.1) is 0 Å². The summed E-state index contributed by atoms with van der Waals surface area (Å²) in [5, 5.41) is 0.345. The van der Waals surface area contributed by atoms with Crippen molar-refractivity contribution in [3.63, 3.8) is 0 Å². The van der Waals surface area contributed by atoms with E-state index in [0.717, 1.165) is 10.4 Å². The third-order valence-corrected chi connectivity index (χ3v) is 2.96. The van der Waals surface area contributed by atoms with Crippen LogP contribution in [0.25, 0.3) is 10.4 Å². The monoisotopic (exact) mass is 234 g/mol. The number of anilines is 1. The molecule has 2 aromatic rings. The minimum absolute atomic E-state index is 0.260. The zero-order valence-electron chi connectivity index (χ0n) is 8.31. The number of thiazole rings is 1. The first-order valence-electron chi connectivity index (χ1n) is 4.55. The van der Waals surface area contributed by atoms with E-state index in [2.05, 4.69) is 10.4 Å². The van der Waals surface area contributed by atoms with E-state index >= 15 is 0 Å². The van der Waals surface area contributed by atoms with Crippen molar-refractivity contribution in [3.05, 3.63) is 36.0 Å². The molecule has 1 aromatic carbocycles. The van der Waals surface area contributed by atoms with Crippen LogP contribution in [0.4, 0.5) is 5.13 Å². The smallest absolute Gasteiger partial charge is 0.285 e. The molecule has 1 amide bonds. The Kier molecular flexibility index (Phi) is 2.84. The van der Waals surface area contributed by atoms with Crippen LogP contribution in [0.1, 0.15) is 10.5 Å². The zero-order chi connectivity index (χ0) is 11.5. The van der Waals surface area contributed by atoms with Crippen LogP contribution in [0.3, 0.4) is 0 Å². The van der Waals surface area contributed by atoms with Crippen molar-refractivity contribution < 1.29 is 4.79 Å². The number of carbonyl (C=O) groups is 1. The molecular weight excluding hydrogens is 224 g/mol. The predicted molar refractivity (Wildman–Crippen MR) is 63.6 cm³/mol. The summed E-state index contributed by atoms with van der Waals surface area (Å²) in [6.07, 6.45) is 0. The maximum absolute atomic E-state index is 11.5. The molecule has 0 saturated carbocycles. The van der Waals surface area contributed by atoms with Gasteiger partial charge in [0, 0.05) is 0 Å². The van der Waals surface area contributed by atoms with E-state index < -0.39 is 5.91 Å². The van der Waals surface area contributed by atoms with E-state index in [0.29, 0.717) is 5.13 Å². The van der Waals surface area contributed by atoms with Crippen LogP contribution in [-0.4, -0.2) is 10.9 Å². The highest BCUT2D eigenvalue weighted by atomic mass is 32.1. The van der Waals surface area contributed by atoms with Crippen molar-refractivity contribution in [2.45, 2.75) is 0 Å². The van der Waals surface area contributed by atoms with Gasteiger partial charge in [0.2, 0.25) is 0 Å². The first-order chi connectivity index (χ1) is 7.72. The highest BCUT2D eigenvalue weighted by Gasteiger charge is 2.17. The average molecular weight is 234 g/mol. The Balaban J connectivity index is 2.53. The number of carbonyl (C=O) groups excluding carboxylic acids is 1. The zero-order valence-corrected chi connectivity index (χ0v) is 9.12. The molecule has 82 valence electrons. The molecule has 0 fully saturated rings. The first-order valence-corrected chi connectivity index (χ1v) is 5.36. The van der Waals surface area contributed by atoms with E-state index in [1.165, 1.54) is 11.3 Å². The molecule has 0 aliphatic rings. The maximum atomic E-state index is 11.5. The lowest BCUT2D eigenvalue weighted by molar-refractivity contribution is 0.0950. The van der Waals surface area contributed by atoms with E-state index in [9.17, 15) is 4.79 Å². The van der Waals surface area contributed by atoms with Crippen molar-refractivity contribution in [2.75, 3.05) is 5.73 Å². The molecule has 5 nitrogen and oxygen atoms in total. The van der Waals surface area contributed by atoms with Gasteiger partial charge in [0.25, 0.3) is 5.91 Å². The summed E-state index contributed by atoms with van der Waals surface area (Å²) in [5.41, 5.74) is 8.81. The van der Waals surface area contributed by atoms with Crippen molar-refractivity contribution in [1.82, 2.24) is 10.4 Å². The molecule has 1 heterocycles. The number of hydrogen-bond acceptors (Lipinski definition) is 5. The Labute approximate surface area is 96.1 Å². The van der Waals surface area contributed by atoms with Crippen LogP contribution in [-0.2, 0) is 0 Å². The largest absolute Gasteiger partial charge is 0.375 e. The minimum Gasteiger partial charge on any atom is -0.375 e. The Morgan fingerprint density at radius 3 is 2.62 bits per heavy atom. The SMILES string of the molecule is NNC(=O)c1nc(N)sc1-c1ccccc1. The van der Waals surface area contributed by atoms with Gasteiger partial charge in [0.05, 0.1) is 4.88 Å². The standard InChI is InChI=1S/C10H10N4OS/c11-10-13-7(9(15)14-12)8(16-10)6-4-2-1-3-5-6/h1-5H,12H2,(H2,11,13)(H,14,15). The van der Waals surface area contributed by atoms with Crippen molar-refractivity contribution in [1.29, 1.82) is 0 Å². The lowest BCUT2D eigenvalue weighted by Gasteiger charge is -2.00. The van der Waals surface area contributed by atoms with Crippen molar-refractivity contribution in [2.24, 2.45) is 5.84 Å². The summed E-state index contributed by atoms with van der Waals surface area (Å²) in [4.78, 5) is 16.2. The van der Waals surface area contributed by atoms with Gasteiger partial charge in [-0.15, -0.1) is 0 Å². The number of nitrogens with zero attached hydrogens (tertiary/aromatic N) is 1. The lowest BCUT2D eigenvalue weighted by atomic mass is 10.1. The van der Waals surface area contributed by atoms with Gasteiger partial charge in [-0.05, 0) is 5.56 Å². The van der Waals surface area contributed by atoms with Gasteiger partial charge in [-0.1, -0.05) is 41.7 Å². The van der Waals surface area contributed by atoms with E-state index in [1.807, 2.05) is 30.3 Å². The number of amides is 1. The van der Waals surface area contributed by atoms with Crippen molar-refractivity contribution >= 4 is 22.4 Å². The van der Waals surface area contributed by atoms with Gasteiger partial charge in [0.1, 0.15) is 0 Å². The summed E-state index contributed by atoms with van der Waals surface area (Å²) in [6.45, 7) is 0. The fourth-order valence-corrected chi connectivity index (χ4v) is 2.18. The number of nitrogens with one attached hydrogen (secondary N) is 1. The molecule has 1 aromatic heterocycles. The van der Waals surface area contributed by atoms with Gasteiger partial charge in [-0.25, -0.2) is 10.8 Å². The third-order valence-electron chi connectivity index (χ3n) is 2.03. The number of rotatable bonds is 2. The van der Waals surface area contributed by atoms with Gasteiger partial charge < -0.3 is 5.73 Å². The number of benzene rings is 1. The van der Waals surface area contributed by atoms with Gasteiger partial charge in [-0.2, -0.15) is 0 Å². The number of hydrazine groups is 1. The summed E-state index contributed by atoms with van der Waals surface area (Å²) < 4.78 is 0. The topological polar surface area (TPSA) is 94.0 Å². The van der Waals surface area contributed by atoms with Gasteiger partial charge in [-0.3, -0.25) is 10.2 Å². The number of hydrogen-bond donors (Lipinski definition) is 3. The second-order valence-corrected chi connectivity index (χ2v) is 4.10. The molecule has 0 radical (unpaired) electrons. The molecule has 6 heteroatoms. The number of aromatic nitrogens is 1. The lowest BCUT2D eigenvalue weighted by Crippen LogP contribution is -2.30. The molecule has 0 saturated heterocycles. The minimum atomic E-state index is -0.438. The van der Waals surface area contributed by atoms with Crippen LogP contribution >= 0.6 is 11.3 Å². The first kappa shape index (κ1) is 10.6. The summed E-state index contributed by atoms with van der Waals surface area (Å²) >= 11 is 1.26. The number of nitrogen functional groups attached to an aromatic ring is 2. The second-order valence-electron chi connectivity index (χ2n) is 3.07. The van der Waals surface area contributed by atoms with Crippen LogP contribution < -0.4 is 17.0 Å². The second kappa shape index (κ2) is 4.30. The van der Waals surface area contributed by atoms with E-state index in [1.54, 1.807) is 0 Å². The van der Waals surface area contributed by atoms with Gasteiger partial charge >= 0.3 is 0 Å². The molecule has 0 unspecified atom stereocenters. The van der Waals surface area contributed by atoms with Crippen LogP contribution in [0.2, 0.25) is 0 Å². The van der Waals surface area contributed by atoms with Crippen molar-refractivity contribution in [3.8, 4) is 10.4 Å². The van der Waals surface area contributed by atoms with Crippen LogP contribution in [0.15, 0.2) is 30.3 Å². The molecule has 5 N–H and O–H groups in total. The average Bonchev–Trinajstić information content (AvgIpc) is 2.71.